The zero-order valence-corrected chi connectivity index (χ0v) is 15.3. The van der Waals surface area contributed by atoms with Crippen LogP contribution in [0.25, 0.3) is 17.4 Å². The Morgan fingerprint density at radius 3 is 2.56 bits per heavy atom. The lowest BCUT2D eigenvalue weighted by Crippen LogP contribution is -2.44. The normalized spacial score (nSPS) is 14.7. The van der Waals surface area contributed by atoms with Crippen LogP contribution in [0.15, 0.2) is 46.9 Å². The van der Waals surface area contributed by atoms with Crippen molar-refractivity contribution in [3.63, 3.8) is 0 Å². The predicted molar refractivity (Wildman–Crippen MR) is 104 cm³/mol. The maximum atomic E-state index is 12.0. The second kappa shape index (κ2) is 8.32. The van der Waals surface area contributed by atoms with Gasteiger partial charge in [0.25, 0.3) is 0 Å². The van der Waals surface area contributed by atoms with Gasteiger partial charge in [-0.05, 0) is 74.0 Å². The number of amides is 1. The predicted octanol–water partition coefficient (Wildman–Crippen LogP) is 4.50. The molecular formula is C19H19ClN2O2S. The molecule has 0 spiro atoms. The molecule has 0 radical (unpaired) electrons. The molecule has 1 aromatic carbocycles. The summed E-state index contributed by atoms with van der Waals surface area (Å²) < 4.78 is 5.73. The van der Waals surface area contributed by atoms with Crippen LogP contribution in [-0.4, -0.2) is 29.0 Å². The monoisotopic (exact) mass is 374 g/mol. The second-order valence-corrected chi connectivity index (χ2v) is 6.71. The first-order valence-electron chi connectivity index (χ1n) is 8.25. The van der Waals surface area contributed by atoms with Crippen LogP contribution in [-0.2, 0) is 4.79 Å². The largest absolute Gasteiger partial charge is 0.457 e. The van der Waals surface area contributed by atoms with Gasteiger partial charge < -0.3 is 9.32 Å². The molecule has 1 fully saturated rings. The van der Waals surface area contributed by atoms with E-state index >= 15 is 0 Å². The lowest BCUT2D eigenvalue weighted by atomic mass is 10.1. The fraction of sp³-hybridized carbons (Fsp3) is 0.263. The van der Waals surface area contributed by atoms with Crippen LogP contribution < -0.4 is 5.32 Å². The van der Waals surface area contributed by atoms with Crippen LogP contribution in [0.3, 0.4) is 0 Å². The van der Waals surface area contributed by atoms with E-state index in [0.29, 0.717) is 15.9 Å². The first-order valence-corrected chi connectivity index (χ1v) is 9.04. The van der Waals surface area contributed by atoms with Gasteiger partial charge in [0.2, 0.25) is 5.91 Å². The molecule has 1 aliphatic heterocycles. The molecule has 1 saturated heterocycles. The highest BCUT2D eigenvalue weighted by Crippen LogP contribution is 2.24. The van der Waals surface area contributed by atoms with Crippen molar-refractivity contribution in [2.24, 2.45) is 0 Å². The molecule has 2 heterocycles. The summed E-state index contributed by atoms with van der Waals surface area (Å²) in [6, 6.07) is 11.1. The Bertz CT molecular complexity index is 777. The van der Waals surface area contributed by atoms with E-state index in [1.807, 2.05) is 41.3 Å². The molecule has 130 valence electrons. The van der Waals surface area contributed by atoms with E-state index in [0.717, 1.165) is 37.3 Å². The maximum Gasteiger partial charge on any atom is 0.250 e. The van der Waals surface area contributed by atoms with E-state index < -0.39 is 0 Å². The van der Waals surface area contributed by atoms with Crippen LogP contribution in [0.4, 0.5) is 0 Å². The van der Waals surface area contributed by atoms with Gasteiger partial charge in [-0.25, -0.2) is 0 Å². The molecule has 1 N–H and O–H groups in total. The molecule has 4 nitrogen and oxygen atoms in total. The second-order valence-electron chi connectivity index (χ2n) is 5.88. The molecule has 1 aliphatic rings. The number of halogens is 1. The molecule has 25 heavy (non-hydrogen) atoms. The van der Waals surface area contributed by atoms with E-state index in [9.17, 15) is 4.79 Å². The highest BCUT2D eigenvalue weighted by molar-refractivity contribution is 7.80. The Balaban J connectivity index is 1.57. The number of benzene rings is 1. The number of piperidine rings is 1. The number of hydrogen-bond acceptors (Lipinski definition) is 3. The van der Waals surface area contributed by atoms with E-state index in [2.05, 4.69) is 5.32 Å². The molecule has 0 aliphatic carbocycles. The topological polar surface area (TPSA) is 45.5 Å². The van der Waals surface area contributed by atoms with Crippen molar-refractivity contribution in [3.05, 3.63) is 53.3 Å². The summed E-state index contributed by atoms with van der Waals surface area (Å²) in [5, 5.41) is 3.91. The molecule has 0 unspecified atom stereocenters. The minimum absolute atomic E-state index is 0.250. The Morgan fingerprint density at radius 2 is 1.84 bits per heavy atom. The summed E-state index contributed by atoms with van der Waals surface area (Å²) in [7, 11) is 0. The van der Waals surface area contributed by atoms with Crippen molar-refractivity contribution in [2.75, 3.05) is 13.1 Å². The Morgan fingerprint density at radius 1 is 1.12 bits per heavy atom. The van der Waals surface area contributed by atoms with E-state index in [1.54, 1.807) is 6.08 Å². The van der Waals surface area contributed by atoms with Gasteiger partial charge in [0.15, 0.2) is 5.11 Å². The first kappa shape index (κ1) is 17.7. The zero-order chi connectivity index (χ0) is 17.6. The number of nitrogens with one attached hydrogen (secondary N) is 1. The molecule has 6 heteroatoms. The Kier molecular flexibility index (Phi) is 5.89. The third kappa shape index (κ3) is 4.94. The maximum absolute atomic E-state index is 12.0. The minimum atomic E-state index is -0.250. The summed E-state index contributed by atoms with van der Waals surface area (Å²) in [5.74, 6) is 1.07. The number of rotatable bonds is 3. The number of carbonyl (C=O) groups excluding carboxylic acids is 1. The third-order valence-electron chi connectivity index (χ3n) is 4.03. The van der Waals surface area contributed by atoms with Crippen LogP contribution in [0.2, 0.25) is 5.02 Å². The SMILES string of the molecule is O=C(C=Cc1ccc(-c2ccc(Cl)cc2)o1)NC(=S)N1CCCCC1. The van der Waals surface area contributed by atoms with Gasteiger partial charge in [-0.15, -0.1) is 0 Å². The standard InChI is InChI=1S/C19H19ClN2O2S/c20-15-6-4-14(5-7-15)17-10-8-16(24-17)9-11-18(23)21-19(25)22-12-2-1-3-13-22/h4-11H,1-3,12-13H2,(H,21,23,25). The fourth-order valence-corrected chi connectivity index (χ4v) is 3.10. The number of thiocarbonyl (C=S) groups is 1. The van der Waals surface area contributed by atoms with Gasteiger partial charge >= 0.3 is 0 Å². The Hall–Kier alpha value is -2.11. The molecule has 1 amide bonds. The quantitative estimate of drug-likeness (QED) is 0.634. The number of hydrogen-bond donors (Lipinski definition) is 1. The number of furan rings is 1. The highest BCUT2D eigenvalue weighted by Gasteiger charge is 2.14. The van der Waals surface area contributed by atoms with Crippen LogP contribution in [0.5, 0.6) is 0 Å². The van der Waals surface area contributed by atoms with Crippen molar-refractivity contribution in [1.82, 2.24) is 10.2 Å². The van der Waals surface area contributed by atoms with E-state index in [-0.39, 0.29) is 5.91 Å². The molecular weight excluding hydrogens is 356 g/mol. The van der Waals surface area contributed by atoms with Gasteiger partial charge in [-0.2, -0.15) is 0 Å². The van der Waals surface area contributed by atoms with E-state index in [1.165, 1.54) is 12.5 Å². The van der Waals surface area contributed by atoms with Crippen LogP contribution >= 0.6 is 23.8 Å². The molecule has 1 aromatic heterocycles. The van der Waals surface area contributed by atoms with E-state index in [4.69, 9.17) is 28.2 Å². The van der Waals surface area contributed by atoms with Gasteiger partial charge in [-0.1, -0.05) is 11.6 Å². The minimum Gasteiger partial charge on any atom is -0.457 e. The Labute approximate surface area is 157 Å². The molecule has 0 bridgehead atoms. The summed E-state index contributed by atoms with van der Waals surface area (Å²) >= 11 is 11.2. The molecule has 2 aromatic rings. The third-order valence-corrected chi connectivity index (χ3v) is 4.64. The number of likely N-dealkylation sites (tertiary alicyclic amines) is 1. The van der Waals surface area contributed by atoms with Crippen molar-refractivity contribution < 1.29 is 9.21 Å². The fourth-order valence-electron chi connectivity index (χ4n) is 2.69. The van der Waals surface area contributed by atoms with Gasteiger partial charge in [0.1, 0.15) is 11.5 Å². The summed E-state index contributed by atoms with van der Waals surface area (Å²) in [6.07, 6.45) is 6.52. The molecule has 0 saturated carbocycles. The number of carbonyl (C=O) groups is 1. The van der Waals surface area contributed by atoms with Crippen molar-refractivity contribution in [1.29, 1.82) is 0 Å². The lowest BCUT2D eigenvalue weighted by molar-refractivity contribution is -0.115. The zero-order valence-electron chi connectivity index (χ0n) is 13.7. The average Bonchev–Trinajstić information content (AvgIpc) is 3.10. The van der Waals surface area contributed by atoms with Crippen molar-refractivity contribution in [3.8, 4) is 11.3 Å². The van der Waals surface area contributed by atoms with Gasteiger partial charge in [0, 0.05) is 29.8 Å². The average molecular weight is 375 g/mol. The van der Waals surface area contributed by atoms with Gasteiger partial charge in [-0.3, -0.25) is 10.1 Å². The lowest BCUT2D eigenvalue weighted by Gasteiger charge is -2.28. The van der Waals surface area contributed by atoms with Crippen molar-refractivity contribution in [2.45, 2.75) is 19.3 Å². The van der Waals surface area contributed by atoms with Crippen LogP contribution in [0, 0.1) is 0 Å². The van der Waals surface area contributed by atoms with Gasteiger partial charge in [0.05, 0.1) is 0 Å². The van der Waals surface area contributed by atoms with Crippen molar-refractivity contribution >= 4 is 40.9 Å². The smallest absolute Gasteiger partial charge is 0.250 e. The summed E-state index contributed by atoms with van der Waals surface area (Å²) in [4.78, 5) is 14.1. The number of nitrogens with zero attached hydrogens (tertiary/aromatic N) is 1. The molecule has 0 atom stereocenters. The summed E-state index contributed by atoms with van der Waals surface area (Å²) in [5.41, 5.74) is 0.930. The van der Waals surface area contributed by atoms with Crippen LogP contribution in [0.1, 0.15) is 25.0 Å². The first-order chi connectivity index (χ1) is 12.1. The molecule has 3 rings (SSSR count). The highest BCUT2D eigenvalue weighted by atomic mass is 35.5. The summed E-state index contributed by atoms with van der Waals surface area (Å²) in [6.45, 7) is 1.82.